The Balaban J connectivity index is 3.00. The Morgan fingerprint density at radius 3 is 2.69 bits per heavy atom. The van der Waals surface area contributed by atoms with Crippen LogP contribution in [0, 0.1) is 5.92 Å². The number of ether oxygens (including phenoxy) is 1. The third kappa shape index (κ3) is 2.24. The minimum Gasteiger partial charge on any atom is -0.468 e. The van der Waals surface area contributed by atoms with Gasteiger partial charge in [-0.05, 0) is 12.0 Å². The van der Waals surface area contributed by atoms with Crippen molar-refractivity contribution in [2.24, 2.45) is 5.92 Å². The van der Waals surface area contributed by atoms with Crippen molar-refractivity contribution in [3.63, 3.8) is 0 Å². The molecule has 0 bridgehead atoms. The molecule has 1 aliphatic heterocycles. The second-order valence-corrected chi connectivity index (χ2v) is 3.74. The van der Waals surface area contributed by atoms with Gasteiger partial charge in [-0.15, -0.1) is 0 Å². The van der Waals surface area contributed by atoms with Crippen molar-refractivity contribution in [1.82, 2.24) is 10.2 Å². The molecule has 5 heteroatoms. The number of nitrogens with zero attached hydrogens (tertiary/aromatic N) is 1. The van der Waals surface area contributed by atoms with E-state index in [4.69, 9.17) is 0 Å². The molecule has 0 fully saturated rings. The molecule has 0 aliphatic carbocycles. The zero-order chi connectivity index (χ0) is 12.3. The summed E-state index contributed by atoms with van der Waals surface area (Å²) in [5.41, 5.74) is 0.833. The number of allylic oxidation sites excluding steroid dienone is 2. The molecule has 1 rings (SSSR count). The van der Waals surface area contributed by atoms with Crippen LogP contribution >= 0.6 is 0 Å². The van der Waals surface area contributed by atoms with Gasteiger partial charge in [0.2, 0.25) is 5.91 Å². The number of esters is 1. The molecule has 1 unspecified atom stereocenters. The third-order valence-electron chi connectivity index (χ3n) is 2.47. The number of hydrogen-bond donors (Lipinski definition) is 1. The molecule has 0 aromatic carbocycles. The van der Waals surface area contributed by atoms with E-state index in [2.05, 4.69) is 16.6 Å². The molecule has 0 aromatic rings. The lowest BCUT2D eigenvalue weighted by atomic mass is 9.95. The van der Waals surface area contributed by atoms with Gasteiger partial charge in [-0.3, -0.25) is 9.59 Å². The van der Waals surface area contributed by atoms with E-state index < -0.39 is 11.9 Å². The first-order valence-corrected chi connectivity index (χ1v) is 4.92. The quantitative estimate of drug-likeness (QED) is 0.551. The summed E-state index contributed by atoms with van der Waals surface area (Å²) >= 11 is 0. The molecule has 16 heavy (non-hydrogen) atoms. The Kier molecular flexibility index (Phi) is 3.71. The topological polar surface area (TPSA) is 58.6 Å². The van der Waals surface area contributed by atoms with Gasteiger partial charge in [0.15, 0.2) is 0 Å². The SMILES string of the molecule is C=CC1=C(N(C)C)NC(=O)C(C(=O)OC)C1. The zero-order valence-electron chi connectivity index (χ0n) is 9.74. The van der Waals surface area contributed by atoms with Gasteiger partial charge in [0.25, 0.3) is 0 Å². The Morgan fingerprint density at radius 1 is 1.62 bits per heavy atom. The van der Waals surface area contributed by atoms with Crippen molar-refractivity contribution in [1.29, 1.82) is 0 Å². The Bertz CT molecular complexity index is 358. The van der Waals surface area contributed by atoms with Gasteiger partial charge in [-0.1, -0.05) is 12.7 Å². The van der Waals surface area contributed by atoms with Crippen molar-refractivity contribution in [2.45, 2.75) is 6.42 Å². The summed E-state index contributed by atoms with van der Waals surface area (Å²) in [5.74, 6) is -0.947. The predicted octanol–water partition coefficient (Wildman–Crippen LogP) is 0.255. The smallest absolute Gasteiger partial charge is 0.318 e. The van der Waals surface area contributed by atoms with Gasteiger partial charge in [0.05, 0.1) is 7.11 Å². The van der Waals surface area contributed by atoms with E-state index >= 15 is 0 Å². The number of carbonyl (C=O) groups is 2. The molecule has 1 N–H and O–H groups in total. The van der Waals surface area contributed by atoms with Crippen molar-refractivity contribution in [3.8, 4) is 0 Å². The molecule has 1 aliphatic rings. The summed E-state index contributed by atoms with van der Waals surface area (Å²) in [7, 11) is 4.91. The van der Waals surface area contributed by atoms with E-state index in [1.54, 1.807) is 11.0 Å². The van der Waals surface area contributed by atoms with Crippen molar-refractivity contribution in [2.75, 3.05) is 21.2 Å². The molecule has 0 saturated heterocycles. The minimum absolute atomic E-state index is 0.329. The molecule has 0 radical (unpaired) electrons. The van der Waals surface area contributed by atoms with E-state index in [1.807, 2.05) is 14.1 Å². The lowest BCUT2D eigenvalue weighted by Crippen LogP contribution is -2.43. The van der Waals surface area contributed by atoms with Gasteiger partial charge in [-0.2, -0.15) is 0 Å². The van der Waals surface area contributed by atoms with Crippen molar-refractivity contribution >= 4 is 11.9 Å². The second kappa shape index (κ2) is 4.83. The highest BCUT2D eigenvalue weighted by Gasteiger charge is 2.33. The van der Waals surface area contributed by atoms with Crippen LogP contribution in [0.2, 0.25) is 0 Å². The normalized spacial score (nSPS) is 20.2. The summed E-state index contributed by atoms with van der Waals surface area (Å²) in [5, 5.41) is 2.68. The van der Waals surface area contributed by atoms with E-state index in [-0.39, 0.29) is 5.91 Å². The second-order valence-electron chi connectivity index (χ2n) is 3.74. The first-order valence-electron chi connectivity index (χ1n) is 4.92. The van der Waals surface area contributed by atoms with Gasteiger partial charge < -0.3 is 15.0 Å². The van der Waals surface area contributed by atoms with Crippen molar-refractivity contribution in [3.05, 3.63) is 24.0 Å². The lowest BCUT2D eigenvalue weighted by molar-refractivity contribution is -0.150. The van der Waals surface area contributed by atoms with Gasteiger partial charge in [0.1, 0.15) is 11.7 Å². The average molecular weight is 224 g/mol. The molecule has 0 aromatic heterocycles. The van der Waals surface area contributed by atoms with Crippen LogP contribution < -0.4 is 5.32 Å². The maximum atomic E-state index is 11.7. The highest BCUT2D eigenvalue weighted by molar-refractivity contribution is 5.99. The average Bonchev–Trinajstić information content (AvgIpc) is 2.27. The Morgan fingerprint density at radius 2 is 2.25 bits per heavy atom. The van der Waals surface area contributed by atoms with Crippen LogP contribution in [0.3, 0.4) is 0 Å². The first-order chi connectivity index (χ1) is 7.51. The highest BCUT2D eigenvalue weighted by Crippen LogP contribution is 2.23. The van der Waals surface area contributed by atoms with Gasteiger partial charge in [-0.25, -0.2) is 0 Å². The Labute approximate surface area is 94.7 Å². The first kappa shape index (κ1) is 12.3. The summed E-state index contributed by atoms with van der Waals surface area (Å²) in [6.45, 7) is 3.67. The van der Waals surface area contributed by atoms with Crippen LogP contribution in [0.25, 0.3) is 0 Å². The van der Waals surface area contributed by atoms with E-state index in [0.29, 0.717) is 12.2 Å². The summed E-state index contributed by atoms with van der Waals surface area (Å²) < 4.78 is 4.58. The molecule has 1 amide bonds. The molecule has 1 heterocycles. The van der Waals surface area contributed by atoms with Gasteiger partial charge in [0, 0.05) is 14.1 Å². The number of nitrogens with one attached hydrogen (secondary N) is 1. The standard InChI is InChI=1S/C11H16N2O3/c1-5-7-6-8(11(15)16-4)10(14)12-9(7)13(2)3/h5,8H,1,6H2,2-4H3,(H,12,14). The van der Waals surface area contributed by atoms with Crippen LogP contribution in [0.15, 0.2) is 24.0 Å². The molecule has 0 saturated carbocycles. The number of methoxy groups -OCH3 is 1. The van der Waals surface area contributed by atoms with Crippen LogP contribution in [-0.4, -0.2) is 38.0 Å². The molecule has 1 atom stereocenters. The largest absolute Gasteiger partial charge is 0.468 e. The number of hydrogen-bond acceptors (Lipinski definition) is 4. The summed E-state index contributed by atoms with van der Waals surface area (Å²) in [6, 6.07) is 0. The highest BCUT2D eigenvalue weighted by atomic mass is 16.5. The van der Waals surface area contributed by atoms with Crippen LogP contribution in [-0.2, 0) is 14.3 Å². The van der Waals surface area contributed by atoms with Crippen LogP contribution in [0.5, 0.6) is 0 Å². The Hall–Kier alpha value is -1.78. The molecule has 0 spiro atoms. The fourth-order valence-electron chi connectivity index (χ4n) is 1.61. The number of carbonyl (C=O) groups excluding carboxylic acids is 2. The van der Waals surface area contributed by atoms with E-state index in [0.717, 1.165) is 5.57 Å². The lowest BCUT2D eigenvalue weighted by Gasteiger charge is -2.28. The van der Waals surface area contributed by atoms with Crippen molar-refractivity contribution < 1.29 is 14.3 Å². The maximum Gasteiger partial charge on any atom is 0.318 e. The third-order valence-corrected chi connectivity index (χ3v) is 2.47. The zero-order valence-corrected chi connectivity index (χ0v) is 9.74. The molecule has 5 nitrogen and oxygen atoms in total. The summed E-state index contributed by atoms with van der Waals surface area (Å²) in [4.78, 5) is 24.8. The van der Waals surface area contributed by atoms with Gasteiger partial charge >= 0.3 is 5.97 Å². The monoisotopic (exact) mass is 224 g/mol. The fraction of sp³-hybridized carbons (Fsp3) is 0.455. The fourth-order valence-corrected chi connectivity index (χ4v) is 1.61. The van der Waals surface area contributed by atoms with Crippen LogP contribution in [0.1, 0.15) is 6.42 Å². The maximum absolute atomic E-state index is 11.7. The molecular formula is C11H16N2O3. The summed E-state index contributed by atoms with van der Waals surface area (Å²) in [6.07, 6.45) is 1.97. The van der Waals surface area contributed by atoms with Crippen LogP contribution in [0.4, 0.5) is 0 Å². The predicted molar refractivity (Wildman–Crippen MR) is 59.2 cm³/mol. The molecule has 88 valence electrons. The minimum atomic E-state index is -0.776. The number of rotatable bonds is 3. The molecular weight excluding hydrogens is 208 g/mol. The van der Waals surface area contributed by atoms with E-state index in [1.165, 1.54) is 7.11 Å². The van der Waals surface area contributed by atoms with E-state index in [9.17, 15) is 9.59 Å². The number of amides is 1.